The number of hydrogen-bond acceptors (Lipinski definition) is 4. The summed E-state index contributed by atoms with van der Waals surface area (Å²) >= 11 is 6.52. The first kappa shape index (κ1) is 18.1. The fraction of sp³-hybridized carbons (Fsp3) is 0. The molecule has 0 saturated heterocycles. The quantitative estimate of drug-likeness (QED) is 0.294. The van der Waals surface area contributed by atoms with Gasteiger partial charge in [0.15, 0.2) is 0 Å². The first-order valence-corrected chi connectivity index (χ1v) is 13.2. The average molecular weight is 449 g/mol. The lowest BCUT2D eigenvalue weighted by atomic mass is 10.0. The zero-order valence-corrected chi connectivity index (χ0v) is 18.6. The van der Waals surface area contributed by atoms with Crippen molar-refractivity contribution in [2.45, 2.75) is 0 Å². The van der Waals surface area contributed by atoms with E-state index in [1.54, 1.807) is 0 Å². The number of nitrogens with zero attached hydrogens (tertiary/aromatic N) is 1. The van der Waals surface area contributed by atoms with E-state index in [1.165, 1.54) is 0 Å². The Balaban J connectivity index is 1.51. The van der Waals surface area contributed by atoms with Gasteiger partial charge in [-0.25, -0.2) is 0 Å². The summed E-state index contributed by atoms with van der Waals surface area (Å²) in [5, 5.41) is 4.26. The van der Waals surface area contributed by atoms with E-state index >= 15 is 0 Å². The Morgan fingerprint density at radius 2 is 1.22 bits per heavy atom. The highest BCUT2D eigenvalue weighted by Gasteiger charge is 2.42. The SMILES string of the molecule is S=P12c3ccccc3Oc3cc(-c4cnc5ccccc5c4)cc(c31)Oc1ccccc12. The molecule has 0 saturated carbocycles. The van der Waals surface area contributed by atoms with Gasteiger partial charge in [0.05, 0.1) is 16.9 Å². The van der Waals surface area contributed by atoms with Crippen LogP contribution in [0.1, 0.15) is 0 Å². The Morgan fingerprint density at radius 1 is 0.625 bits per heavy atom. The van der Waals surface area contributed by atoms with E-state index in [0.717, 1.165) is 60.9 Å². The largest absolute Gasteiger partial charge is 0.456 e. The molecule has 4 aromatic carbocycles. The maximum absolute atomic E-state index is 6.52. The van der Waals surface area contributed by atoms with Crippen LogP contribution in [0.15, 0.2) is 97.2 Å². The second-order valence-corrected chi connectivity index (χ2v) is 12.3. The highest BCUT2D eigenvalue weighted by atomic mass is 32.4. The minimum Gasteiger partial charge on any atom is -0.456 e. The van der Waals surface area contributed by atoms with Crippen molar-refractivity contribution in [1.29, 1.82) is 0 Å². The van der Waals surface area contributed by atoms with Crippen molar-refractivity contribution < 1.29 is 9.47 Å². The number of rotatable bonds is 1. The number of pyridine rings is 1. The van der Waals surface area contributed by atoms with Gasteiger partial charge in [0.25, 0.3) is 0 Å². The van der Waals surface area contributed by atoms with Gasteiger partial charge in [-0.2, -0.15) is 0 Å². The van der Waals surface area contributed by atoms with E-state index in [0.29, 0.717) is 0 Å². The van der Waals surface area contributed by atoms with Crippen LogP contribution in [-0.2, 0) is 11.8 Å². The number of benzene rings is 4. The molecule has 2 aliphatic heterocycles. The topological polar surface area (TPSA) is 31.4 Å². The summed E-state index contributed by atoms with van der Waals surface area (Å²) in [6, 6.07) is 28.4. The van der Waals surface area contributed by atoms with Gasteiger partial charge < -0.3 is 9.47 Å². The molecule has 0 unspecified atom stereocenters. The molecule has 0 amide bonds. The smallest absolute Gasteiger partial charge is 0.140 e. The van der Waals surface area contributed by atoms with E-state index in [1.807, 2.05) is 60.8 Å². The van der Waals surface area contributed by atoms with Crippen molar-refractivity contribution in [3.8, 4) is 34.1 Å². The summed E-state index contributed by atoms with van der Waals surface area (Å²) in [6.07, 6.45) is 1.90. The third-order valence-corrected chi connectivity index (χ3v) is 11.0. The van der Waals surface area contributed by atoms with Crippen LogP contribution in [-0.4, -0.2) is 4.98 Å². The van der Waals surface area contributed by atoms with Crippen molar-refractivity contribution in [3.05, 3.63) is 97.2 Å². The van der Waals surface area contributed by atoms with E-state index in [9.17, 15) is 0 Å². The standard InChI is InChI=1S/C27H16NO2PS/c32-31-25-11-5-3-9-21(25)29-23-14-18(19-13-17-7-1-2-8-20(17)28-16-19)15-24(27(23)31)30-22-10-4-6-12-26(22)31/h1-16H. The van der Waals surface area contributed by atoms with Crippen LogP contribution in [0, 0.1) is 0 Å². The second-order valence-electron chi connectivity index (χ2n) is 7.99. The Bertz CT molecular complexity index is 1550. The molecule has 1 aromatic heterocycles. The Hall–Kier alpha value is -3.46. The van der Waals surface area contributed by atoms with Crippen molar-refractivity contribution in [2.24, 2.45) is 0 Å². The van der Waals surface area contributed by atoms with Crippen LogP contribution in [0.2, 0.25) is 0 Å². The number of aromatic nitrogens is 1. The molecule has 152 valence electrons. The monoisotopic (exact) mass is 449 g/mol. The third-order valence-electron chi connectivity index (χ3n) is 6.13. The minimum absolute atomic E-state index is 0.780. The highest BCUT2D eigenvalue weighted by Crippen LogP contribution is 2.59. The molecular weight excluding hydrogens is 433 g/mol. The minimum atomic E-state index is -2.30. The fourth-order valence-corrected chi connectivity index (χ4v) is 9.14. The molecule has 3 nitrogen and oxygen atoms in total. The summed E-state index contributed by atoms with van der Waals surface area (Å²) in [6.45, 7) is 0. The molecule has 5 heteroatoms. The predicted molar refractivity (Wildman–Crippen MR) is 133 cm³/mol. The van der Waals surface area contributed by atoms with Crippen molar-refractivity contribution in [1.82, 2.24) is 4.98 Å². The van der Waals surface area contributed by atoms with Gasteiger partial charge in [0.1, 0.15) is 23.0 Å². The molecule has 32 heavy (non-hydrogen) atoms. The van der Waals surface area contributed by atoms with Crippen LogP contribution in [0.25, 0.3) is 22.0 Å². The molecule has 0 spiro atoms. The molecule has 0 N–H and O–H groups in total. The van der Waals surface area contributed by atoms with Gasteiger partial charge >= 0.3 is 0 Å². The molecule has 5 aromatic rings. The maximum Gasteiger partial charge on any atom is 0.140 e. The summed E-state index contributed by atoms with van der Waals surface area (Å²) in [5.74, 6) is 3.23. The Morgan fingerprint density at radius 3 is 1.91 bits per heavy atom. The summed E-state index contributed by atoms with van der Waals surface area (Å²) in [4.78, 5) is 4.64. The van der Waals surface area contributed by atoms with Gasteiger partial charge in [0.2, 0.25) is 0 Å². The van der Waals surface area contributed by atoms with Gasteiger partial charge in [-0.1, -0.05) is 54.3 Å². The fourth-order valence-electron chi connectivity index (χ4n) is 4.66. The molecule has 7 rings (SSSR count). The zero-order valence-electron chi connectivity index (χ0n) is 16.9. The van der Waals surface area contributed by atoms with E-state index < -0.39 is 6.04 Å². The predicted octanol–water partition coefficient (Wildman–Crippen LogP) is 5.87. The van der Waals surface area contributed by atoms with Crippen LogP contribution in [0.3, 0.4) is 0 Å². The molecular formula is C27H16NO2PS. The lowest BCUT2D eigenvalue weighted by molar-refractivity contribution is 0.467. The Kier molecular flexibility index (Phi) is 3.70. The number of para-hydroxylation sites is 3. The van der Waals surface area contributed by atoms with Gasteiger partial charge in [-0.3, -0.25) is 4.98 Å². The molecule has 0 atom stereocenters. The molecule has 0 bridgehead atoms. The zero-order chi connectivity index (χ0) is 21.3. The molecule has 2 aliphatic rings. The van der Waals surface area contributed by atoms with E-state index in [2.05, 4.69) is 41.4 Å². The highest BCUT2D eigenvalue weighted by molar-refractivity contribution is 8.26. The summed E-state index contributed by atoms with van der Waals surface area (Å²) < 4.78 is 12.8. The third kappa shape index (κ3) is 2.42. The number of hydrogen-bond donors (Lipinski definition) is 0. The summed E-state index contributed by atoms with van der Waals surface area (Å²) in [7, 11) is 0. The average Bonchev–Trinajstić information content (AvgIpc) is 2.84. The summed E-state index contributed by atoms with van der Waals surface area (Å²) in [5.41, 5.74) is 2.99. The van der Waals surface area contributed by atoms with Crippen LogP contribution in [0.4, 0.5) is 0 Å². The molecule has 0 aliphatic carbocycles. The first-order valence-electron chi connectivity index (χ1n) is 10.4. The van der Waals surface area contributed by atoms with Gasteiger partial charge in [0, 0.05) is 27.8 Å². The van der Waals surface area contributed by atoms with Crippen molar-refractivity contribution in [3.63, 3.8) is 0 Å². The molecule has 0 fully saturated rings. The first-order chi connectivity index (χ1) is 15.7. The number of fused-ring (bicyclic) bond motifs is 5. The molecule has 0 radical (unpaired) electrons. The van der Waals surface area contributed by atoms with Crippen molar-refractivity contribution >= 4 is 44.7 Å². The number of ether oxygens (including phenoxy) is 2. The lowest BCUT2D eigenvalue weighted by Gasteiger charge is -2.37. The van der Waals surface area contributed by atoms with Crippen LogP contribution >= 0.6 is 6.04 Å². The van der Waals surface area contributed by atoms with Crippen molar-refractivity contribution in [2.75, 3.05) is 0 Å². The van der Waals surface area contributed by atoms with E-state index in [4.69, 9.17) is 21.3 Å². The van der Waals surface area contributed by atoms with Crippen LogP contribution < -0.4 is 25.4 Å². The molecule has 3 heterocycles. The van der Waals surface area contributed by atoms with E-state index in [-0.39, 0.29) is 0 Å². The maximum atomic E-state index is 6.52. The lowest BCUT2D eigenvalue weighted by Crippen LogP contribution is -2.34. The normalized spacial score (nSPS) is 14.5. The Labute approximate surface area is 190 Å². The van der Waals surface area contributed by atoms with Gasteiger partial charge in [-0.15, -0.1) is 0 Å². The second kappa shape index (κ2) is 6.52. The van der Waals surface area contributed by atoms with Crippen LogP contribution in [0.5, 0.6) is 23.0 Å². The van der Waals surface area contributed by atoms with Gasteiger partial charge in [-0.05, 0) is 54.1 Å².